The highest BCUT2D eigenvalue weighted by molar-refractivity contribution is 6.03. The summed E-state index contributed by atoms with van der Waals surface area (Å²) >= 11 is 0. The number of hydrogen-bond acceptors (Lipinski definition) is 4. The van der Waals surface area contributed by atoms with E-state index in [-0.39, 0.29) is 22.7 Å². The Hall–Kier alpha value is -3.28. The largest absolute Gasteiger partial charge is 0.289 e. The maximum Gasteiger partial charge on any atom is 0.258 e. The third-order valence-electron chi connectivity index (χ3n) is 5.95. The number of carbonyl (C=O) groups is 1. The Morgan fingerprint density at radius 3 is 2.33 bits per heavy atom. The molecule has 0 spiro atoms. The highest BCUT2D eigenvalue weighted by Crippen LogP contribution is 2.50. The smallest absolute Gasteiger partial charge is 0.258 e. The number of nitrogens with zero attached hydrogens (tertiary/aromatic N) is 3. The standard InChI is InChI=1S/C24H27N5O/c1-15-12-19-20(24(4,5)14-23(19,2)3)13-18(15)11-8-16-6-9-17(10-7-16)21(30)25-22-26-28-29-27-22/h6-13H,14H2,1-5H3,(H2,25,26,27,28,29,30)/b11-8+. The molecule has 1 aromatic heterocycles. The molecule has 0 aliphatic heterocycles. The normalized spacial score (nSPS) is 16.6. The van der Waals surface area contributed by atoms with Crippen LogP contribution in [0.1, 0.15) is 72.3 Å². The maximum atomic E-state index is 12.2. The van der Waals surface area contributed by atoms with Crippen LogP contribution in [-0.2, 0) is 10.8 Å². The van der Waals surface area contributed by atoms with E-state index in [2.05, 4.69) is 84.8 Å². The zero-order valence-corrected chi connectivity index (χ0v) is 18.1. The van der Waals surface area contributed by atoms with Gasteiger partial charge in [-0.05, 0) is 74.6 Å². The Kier molecular flexibility index (Phi) is 4.80. The molecule has 0 atom stereocenters. The minimum atomic E-state index is -0.261. The molecule has 0 fully saturated rings. The van der Waals surface area contributed by atoms with E-state index < -0.39 is 0 Å². The molecule has 1 heterocycles. The zero-order chi connectivity index (χ0) is 21.5. The minimum absolute atomic E-state index is 0.184. The summed E-state index contributed by atoms with van der Waals surface area (Å²) in [6, 6.07) is 12.2. The summed E-state index contributed by atoms with van der Waals surface area (Å²) in [7, 11) is 0. The van der Waals surface area contributed by atoms with Gasteiger partial charge in [0.25, 0.3) is 5.91 Å². The van der Waals surface area contributed by atoms with E-state index in [1.807, 2.05) is 12.1 Å². The molecule has 0 radical (unpaired) electrons. The summed E-state index contributed by atoms with van der Waals surface area (Å²) in [5.41, 5.74) is 7.42. The van der Waals surface area contributed by atoms with Gasteiger partial charge < -0.3 is 0 Å². The number of amides is 1. The number of benzene rings is 2. The molecule has 30 heavy (non-hydrogen) atoms. The second-order valence-corrected chi connectivity index (χ2v) is 9.36. The fourth-order valence-electron chi connectivity index (χ4n) is 4.64. The van der Waals surface area contributed by atoms with Gasteiger partial charge in [-0.15, -0.1) is 0 Å². The third kappa shape index (κ3) is 3.77. The SMILES string of the molecule is Cc1cc2c(cc1/C=C/c1ccc(C(=O)Nc3nnn[nH]3)cc1)C(C)(C)CC2(C)C. The molecule has 3 aromatic rings. The van der Waals surface area contributed by atoms with Crippen LogP contribution in [0.3, 0.4) is 0 Å². The molecule has 1 aliphatic rings. The van der Waals surface area contributed by atoms with Crippen LogP contribution in [-0.4, -0.2) is 26.5 Å². The molecule has 0 saturated heterocycles. The molecular formula is C24H27N5O. The van der Waals surface area contributed by atoms with Crippen molar-refractivity contribution in [1.29, 1.82) is 0 Å². The predicted octanol–water partition coefficient (Wildman–Crippen LogP) is 4.89. The molecule has 0 bridgehead atoms. The van der Waals surface area contributed by atoms with Crippen molar-refractivity contribution in [3.05, 3.63) is 69.8 Å². The van der Waals surface area contributed by atoms with Crippen LogP contribution >= 0.6 is 0 Å². The second kappa shape index (κ2) is 7.20. The molecule has 6 nitrogen and oxygen atoms in total. The van der Waals surface area contributed by atoms with E-state index in [4.69, 9.17) is 0 Å². The monoisotopic (exact) mass is 401 g/mol. The summed E-state index contributed by atoms with van der Waals surface area (Å²) in [5.74, 6) is -0.0365. The van der Waals surface area contributed by atoms with Crippen molar-refractivity contribution >= 4 is 24.0 Å². The Morgan fingerprint density at radius 1 is 1.03 bits per heavy atom. The quantitative estimate of drug-likeness (QED) is 0.610. The van der Waals surface area contributed by atoms with Gasteiger partial charge in [-0.3, -0.25) is 10.1 Å². The van der Waals surface area contributed by atoms with E-state index in [0.29, 0.717) is 5.56 Å². The van der Waals surface area contributed by atoms with Crippen LogP contribution in [0.25, 0.3) is 12.2 Å². The van der Waals surface area contributed by atoms with E-state index in [1.165, 1.54) is 22.3 Å². The van der Waals surface area contributed by atoms with Crippen molar-refractivity contribution in [3.8, 4) is 0 Å². The number of aryl methyl sites for hydroxylation is 1. The van der Waals surface area contributed by atoms with Crippen LogP contribution in [0.4, 0.5) is 5.95 Å². The molecule has 0 unspecified atom stereocenters. The second-order valence-electron chi connectivity index (χ2n) is 9.36. The van der Waals surface area contributed by atoms with Gasteiger partial charge in [-0.2, -0.15) is 0 Å². The van der Waals surface area contributed by atoms with Crippen LogP contribution in [0.5, 0.6) is 0 Å². The van der Waals surface area contributed by atoms with E-state index in [1.54, 1.807) is 12.1 Å². The minimum Gasteiger partial charge on any atom is -0.289 e. The van der Waals surface area contributed by atoms with E-state index in [9.17, 15) is 4.79 Å². The summed E-state index contributed by atoms with van der Waals surface area (Å²) in [5, 5.41) is 15.6. The topological polar surface area (TPSA) is 83.6 Å². The zero-order valence-electron chi connectivity index (χ0n) is 18.1. The first kappa shape index (κ1) is 20.0. The number of hydrogen-bond donors (Lipinski definition) is 2. The van der Waals surface area contributed by atoms with Gasteiger partial charge in [0, 0.05) is 5.56 Å². The van der Waals surface area contributed by atoms with E-state index in [0.717, 1.165) is 12.0 Å². The maximum absolute atomic E-state index is 12.2. The highest BCUT2D eigenvalue weighted by Gasteiger charge is 2.41. The van der Waals surface area contributed by atoms with Crippen molar-refractivity contribution < 1.29 is 4.79 Å². The van der Waals surface area contributed by atoms with Gasteiger partial charge in [0.15, 0.2) is 0 Å². The van der Waals surface area contributed by atoms with Gasteiger partial charge >= 0.3 is 0 Å². The Bertz CT molecular complexity index is 1110. The lowest BCUT2D eigenvalue weighted by atomic mass is 9.82. The number of H-pyrrole nitrogens is 1. The third-order valence-corrected chi connectivity index (χ3v) is 5.95. The first-order valence-corrected chi connectivity index (χ1v) is 10.1. The van der Waals surface area contributed by atoms with E-state index >= 15 is 0 Å². The summed E-state index contributed by atoms with van der Waals surface area (Å²) in [6.07, 6.45) is 5.41. The molecule has 1 aliphatic carbocycles. The molecule has 1 amide bonds. The van der Waals surface area contributed by atoms with Crippen molar-refractivity contribution in [2.75, 3.05) is 5.32 Å². The van der Waals surface area contributed by atoms with Crippen molar-refractivity contribution in [1.82, 2.24) is 20.6 Å². The number of rotatable bonds is 4. The highest BCUT2D eigenvalue weighted by atomic mass is 16.1. The number of aromatic nitrogens is 4. The molecular weight excluding hydrogens is 374 g/mol. The molecule has 2 N–H and O–H groups in total. The fourth-order valence-corrected chi connectivity index (χ4v) is 4.64. The van der Waals surface area contributed by atoms with Crippen LogP contribution < -0.4 is 5.32 Å². The fraction of sp³-hybridized carbons (Fsp3) is 0.333. The number of anilines is 1. The first-order valence-electron chi connectivity index (χ1n) is 10.1. The number of fused-ring (bicyclic) bond motifs is 1. The lowest BCUT2D eigenvalue weighted by Gasteiger charge is -2.22. The molecule has 2 aromatic carbocycles. The van der Waals surface area contributed by atoms with Crippen molar-refractivity contribution in [3.63, 3.8) is 0 Å². The number of carbonyl (C=O) groups excluding carboxylic acids is 1. The molecule has 4 rings (SSSR count). The average Bonchev–Trinajstić information content (AvgIpc) is 3.24. The average molecular weight is 402 g/mol. The van der Waals surface area contributed by atoms with Crippen LogP contribution in [0.2, 0.25) is 0 Å². The van der Waals surface area contributed by atoms with Gasteiger partial charge in [0.1, 0.15) is 0 Å². The number of tetrazole rings is 1. The van der Waals surface area contributed by atoms with Crippen molar-refractivity contribution in [2.24, 2.45) is 0 Å². The molecule has 0 saturated carbocycles. The number of nitrogens with one attached hydrogen (secondary N) is 2. The predicted molar refractivity (Wildman–Crippen MR) is 119 cm³/mol. The van der Waals surface area contributed by atoms with Gasteiger partial charge in [0.2, 0.25) is 5.95 Å². The summed E-state index contributed by atoms with van der Waals surface area (Å²) < 4.78 is 0. The summed E-state index contributed by atoms with van der Waals surface area (Å²) in [4.78, 5) is 12.2. The van der Waals surface area contributed by atoms with Gasteiger partial charge in [0.05, 0.1) is 0 Å². The lowest BCUT2D eigenvalue weighted by molar-refractivity contribution is 0.102. The van der Waals surface area contributed by atoms with Gasteiger partial charge in [-0.25, -0.2) is 5.10 Å². The first-order chi connectivity index (χ1) is 14.2. The van der Waals surface area contributed by atoms with Gasteiger partial charge in [-0.1, -0.05) is 69.2 Å². The molecule has 154 valence electrons. The van der Waals surface area contributed by atoms with Crippen LogP contribution in [0.15, 0.2) is 36.4 Å². The Labute approximate surface area is 176 Å². The summed E-state index contributed by atoms with van der Waals surface area (Å²) in [6.45, 7) is 11.5. The Morgan fingerprint density at radius 2 is 1.70 bits per heavy atom. The van der Waals surface area contributed by atoms with Crippen molar-refractivity contribution in [2.45, 2.75) is 51.9 Å². The number of aromatic amines is 1. The lowest BCUT2D eigenvalue weighted by Crippen LogP contribution is -2.17. The Balaban J connectivity index is 1.54. The van der Waals surface area contributed by atoms with Crippen LogP contribution in [0, 0.1) is 6.92 Å². The molecule has 6 heteroatoms.